The van der Waals surface area contributed by atoms with Gasteiger partial charge in [-0.1, -0.05) is 19.1 Å². The fourth-order valence-electron chi connectivity index (χ4n) is 3.92. The molecule has 8 nitrogen and oxygen atoms in total. The van der Waals surface area contributed by atoms with E-state index >= 15 is 0 Å². The van der Waals surface area contributed by atoms with E-state index in [0.717, 1.165) is 43.3 Å². The van der Waals surface area contributed by atoms with Crippen LogP contribution in [-0.4, -0.2) is 71.5 Å². The van der Waals surface area contributed by atoms with Gasteiger partial charge >= 0.3 is 0 Å². The molecule has 2 aromatic rings. The predicted octanol–water partition coefficient (Wildman–Crippen LogP) is 3.05. The molecule has 32 heavy (non-hydrogen) atoms. The van der Waals surface area contributed by atoms with Gasteiger partial charge in [0.15, 0.2) is 5.96 Å². The third-order valence-corrected chi connectivity index (χ3v) is 5.54. The van der Waals surface area contributed by atoms with E-state index in [1.54, 1.807) is 0 Å². The van der Waals surface area contributed by atoms with Gasteiger partial charge in [-0.3, -0.25) is 4.79 Å². The van der Waals surface area contributed by atoms with Gasteiger partial charge in [0.05, 0.1) is 25.5 Å². The van der Waals surface area contributed by atoms with Crippen LogP contribution >= 0.6 is 24.0 Å². The van der Waals surface area contributed by atoms with Gasteiger partial charge in [-0.2, -0.15) is 0 Å². The first kappa shape index (κ1) is 26.1. The van der Waals surface area contributed by atoms with Crippen LogP contribution in [0.3, 0.4) is 0 Å². The monoisotopic (exact) mass is 553 g/mol. The second-order valence-corrected chi connectivity index (χ2v) is 8.45. The molecule has 0 saturated carbocycles. The molecule has 2 unspecified atom stereocenters. The molecule has 2 heterocycles. The number of guanidine groups is 1. The van der Waals surface area contributed by atoms with Crippen molar-refractivity contribution < 1.29 is 4.79 Å². The van der Waals surface area contributed by atoms with Gasteiger partial charge in [0.25, 0.3) is 0 Å². The van der Waals surface area contributed by atoms with E-state index in [9.17, 15) is 4.79 Å². The minimum atomic E-state index is -0.0213. The molecule has 0 bridgehead atoms. The Bertz CT molecular complexity index is 869. The summed E-state index contributed by atoms with van der Waals surface area (Å²) in [5, 5.41) is 6.40. The molecule has 1 amide bonds. The zero-order valence-corrected chi connectivity index (χ0v) is 21.8. The van der Waals surface area contributed by atoms with Crippen molar-refractivity contribution in [3.8, 4) is 0 Å². The Kier molecular flexibility index (Phi) is 10.4. The van der Waals surface area contributed by atoms with E-state index in [-0.39, 0.29) is 29.9 Å². The number of benzene rings is 1. The van der Waals surface area contributed by atoms with Crippen molar-refractivity contribution in [2.45, 2.75) is 32.9 Å². The molecule has 1 fully saturated rings. The summed E-state index contributed by atoms with van der Waals surface area (Å²) in [4.78, 5) is 25.4. The number of likely N-dealkylation sites (N-methyl/N-ethyl adjacent to an activating group) is 1. The molecular formula is C23H36IN7O. The van der Waals surface area contributed by atoms with E-state index in [2.05, 4.69) is 38.9 Å². The summed E-state index contributed by atoms with van der Waals surface area (Å²) in [5.74, 6) is 1.50. The quantitative estimate of drug-likeness (QED) is 0.313. The van der Waals surface area contributed by atoms with Gasteiger partial charge in [0.1, 0.15) is 0 Å². The summed E-state index contributed by atoms with van der Waals surface area (Å²) in [6.45, 7) is 8.03. The number of imidazole rings is 1. The van der Waals surface area contributed by atoms with Crippen LogP contribution in [0, 0.1) is 5.92 Å². The van der Waals surface area contributed by atoms with Crippen molar-refractivity contribution >= 4 is 41.5 Å². The SMILES string of the molecule is CCNC(=NCc1cccc(NC(=O)CN(C)C)c1)N1CCC(C)C(n2ccnc2)C1.I. The zero-order valence-electron chi connectivity index (χ0n) is 19.5. The molecule has 1 aromatic carbocycles. The number of halogens is 1. The average Bonchev–Trinajstić information content (AvgIpc) is 3.26. The Morgan fingerprint density at radius 2 is 2.16 bits per heavy atom. The molecule has 0 radical (unpaired) electrons. The van der Waals surface area contributed by atoms with Gasteiger partial charge in [-0.25, -0.2) is 9.98 Å². The van der Waals surface area contributed by atoms with Crippen molar-refractivity contribution in [1.82, 2.24) is 24.7 Å². The van der Waals surface area contributed by atoms with E-state index in [1.165, 1.54) is 0 Å². The highest BCUT2D eigenvalue weighted by Crippen LogP contribution is 2.27. The van der Waals surface area contributed by atoms with E-state index < -0.39 is 0 Å². The number of hydrogen-bond acceptors (Lipinski definition) is 4. The van der Waals surface area contributed by atoms with E-state index in [0.29, 0.717) is 25.0 Å². The van der Waals surface area contributed by atoms with Crippen LogP contribution in [0.5, 0.6) is 0 Å². The number of nitrogens with zero attached hydrogens (tertiary/aromatic N) is 5. The summed E-state index contributed by atoms with van der Waals surface area (Å²) >= 11 is 0. The number of aromatic nitrogens is 2. The number of likely N-dealkylation sites (tertiary alicyclic amines) is 1. The Hall–Kier alpha value is -2.14. The zero-order chi connectivity index (χ0) is 22.2. The first-order valence-electron chi connectivity index (χ1n) is 11.0. The second kappa shape index (κ2) is 12.8. The first-order chi connectivity index (χ1) is 15.0. The molecule has 2 N–H and O–H groups in total. The highest BCUT2D eigenvalue weighted by molar-refractivity contribution is 14.0. The molecule has 3 rings (SSSR count). The molecule has 1 aromatic heterocycles. The van der Waals surface area contributed by atoms with Gasteiger partial charge in [-0.15, -0.1) is 24.0 Å². The smallest absolute Gasteiger partial charge is 0.238 e. The van der Waals surface area contributed by atoms with Crippen LogP contribution in [0.2, 0.25) is 0 Å². The molecule has 0 aliphatic carbocycles. The average molecular weight is 553 g/mol. The van der Waals surface area contributed by atoms with Crippen molar-refractivity contribution in [2.24, 2.45) is 10.9 Å². The lowest BCUT2D eigenvalue weighted by Crippen LogP contribution is -2.49. The highest BCUT2D eigenvalue weighted by Gasteiger charge is 2.28. The highest BCUT2D eigenvalue weighted by atomic mass is 127. The third kappa shape index (κ3) is 7.47. The van der Waals surface area contributed by atoms with Crippen molar-refractivity contribution in [3.63, 3.8) is 0 Å². The lowest BCUT2D eigenvalue weighted by molar-refractivity contribution is -0.116. The van der Waals surface area contributed by atoms with E-state index in [4.69, 9.17) is 4.99 Å². The van der Waals surface area contributed by atoms with Gasteiger partial charge in [0.2, 0.25) is 5.91 Å². The number of aliphatic imine (C=N–C) groups is 1. The number of carbonyl (C=O) groups excluding carboxylic acids is 1. The van der Waals surface area contributed by atoms with Gasteiger partial charge in [0, 0.05) is 37.7 Å². The minimum absolute atomic E-state index is 0. The lowest BCUT2D eigenvalue weighted by Gasteiger charge is -2.39. The maximum absolute atomic E-state index is 12.0. The Balaban J connectivity index is 0.00000363. The van der Waals surface area contributed by atoms with Crippen LogP contribution in [0.4, 0.5) is 5.69 Å². The minimum Gasteiger partial charge on any atom is -0.357 e. The van der Waals surface area contributed by atoms with Crippen LogP contribution in [0.1, 0.15) is 31.9 Å². The number of carbonyl (C=O) groups is 1. The number of rotatable bonds is 7. The molecule has 176 valence electrons. The van der Waals surface area contributed by atoms with Crippen LogP contribution in [0.25, 0.3) is 0 Å². The van der Waals surface area contributed by atoms with Crippen molar-refractivity contribution in [1.29, 1.82) is 0 Å². The van der Waals surface area contributed by atoms with E-state index in [1.807, 2.05) is 62.0 Å². The summed E-state index contributed by atoms with van der Waals surface area (Å²) in [5.41, 5.74) is 1.87. The van der Waals surface area contributed by atoms with Gasteiger partial charge in [-0.05, 0) is 51.1 Å². The lowest BCUT2D eigenvalue weighted by atomic mass is 9.93. The first-order valence-corrected chi connectivity index (χ1v) is 11.0. The summed E-state index contributed by atoms with van der Waals surface area (Å²) < 4.78 is 2.21. The topological polar surface area (TPSA) is 77.8 Å². The Morgan fingerprint density at radius 1 is 1.34 bits per heavy atom. The summed E-state index contributed by atoms with van der Waals surface area (Å²) in [7, 11) is 3.76. The number of nitrogens with one attached hydrogen (secondary N) is 2. The summed E-state index contributed by atoms with van der Waals surface area (Å²) in [6.07, 6.45) is 6.91. The molecule has 0 spiro atoms. The number of anilines is 1. The van der Waals surface area contributed by atoms with Crippen LogP contribution in [-0.2, 0) is 11.3 Å². The molecule has 1 aliphatic rings. The molecule has 9 heteroatoms. The van der Waals surface area contributed by atoms with Gasteiger partial charge < -0.3 is 25.0 Å². The molecular weight excluding hydrogens is 517 g/mol. The fourth-order valence-corrected chi connectivity index (χ4v) is 3.92. The maximum atomic E-state index is 12.0. The standard InChI is InChI=1S/C23H35N7O.HI/c1-5-25-23(29-11-9-18(2)21(15-29)30-12-10-24-17-30)26-14-19-7-6-8-20(13-19)27-22(31)16-28(3)4;/h6-8,10,12-13,17-18,21H,5,9,11,14-16H2,1-4H3,(H,25,26)(H,27,31);1H. The van der Waals surface area contributed by atoms with Crippen molar-refractivity contribution in [2.75, 3.05) is 45.6 Å². The van der Waals surface area contributed by atoms with Crippen LogP contribution < -0.4 is 10.6 Å². The molecule has 1 saturated heterocycles. The predicted molar refractivity (Wildman–Crippen MR) is 140 cm³/mol. The fraction of sp³-hybridized carbons (Fsp3) is 0.522. The third-order valence-electron chi connectivity index (χ3n) is 5.54. The van der Waals surface area contributed by atoms with Crippen LogP contribution in [0.15, 0.2) is 48.0 Å². The summed E-state index contributed by atoms with van der Waals surface area (Å²) in [6, 6.07) is 8.29. The van der Waals surface area contributed by atoms with Crippen molar-refractivity contribution in [3.05, 3.63) is 48.5 Å². The largest absolute Gasteiger partial charge is 0.357 e. The maximum Gasteiger partial charge on any atom is 0.238 e. The molecule has 1 aliphatic heterocycles. The normalized spacial score (nSPS) is 18.9. The Morgan fingerprint density at radius 3 is 2.84 bits per heavy atom. The number of piperidine rings is 1. The second-order valence-electron chi connectivity index (χ2n) is 8.45. The molecule has 2 atom stereocenters. The Labute approximate surface area is 208 Å². The number of amides is 1. The number of hydrogen-bond donors (Lipinski definition) is 2.